The molecule has 0 bridgehead atoms. The molecule has 2 atom stereocenters. The zero-order valence-electron chi connectivity index (χ0n) is 14.6. The minimum atomic E-state index is -0.823. The number of carbonyl (C=O) groups excluding carboxylic acids is 1. The molecule has 1 saturated heterocycles. The van der Waals surface area contributed by atoms with E-state index in [2.05, 4.69) is 4.98 Å². The summed E-state index contributed by atoms with van der Waals surface area (Å²) in [6.07, 6.45) is 0.624. The number of piperidine rings is 1. The smallest absolute Gasteiger partial charge is 0.308 e. The highest BCUT2D eigenvalue weighted by atomic mass is 32.1. The third-order valence-corrected chi connectivity index (χ3v) is 6.59. The van der Waals surface area contributed by atoms with E-state index in [4.69, 9.17) is 0 Å². The van der Waals surface area contributed by atoms with Gasteiger partial charge in [0.1, 0.15) is 5.01 Å². The van der Waals surface area contributed by atoms with Crippen LogP contribution in [0.1, 0.15) is 32.9 Å². The van der Waals surface area contributed by atoms with E-state index < -0.39 is 17.3 Å². The molecule has 25 heavy (non-hydrogen) atoms. The van der Waals surface area contributed by atoms with E-state index in [0.717, 1.165) is 15.6 Å². The summed E-state index contributed by atoms with van der Waals surface area (Å²) in [5.41, 5.74) is -0.0254. The predicted molar refractivity (Wildman–Crippen MR) is 99.9 cm³/mol. The van der Waals surface area contributed by atoms with Crippen LogP contribution in [0.4, 0.5) is 0 Å². The van der Waals surface area contributed by atoms with Crippen molar-refractivity contribution in [2.24, 2.45) is 11.8 Å². The Morgan fingerprint density at radius 1 is 1.32 bits per heavy atom. The Bertz CT molecular complexity index is 767. The number of aromatic nitrogens is 1. The standard InChI is InChI=1S/C18H22N2O3S2/c1-11-7-12(16(21)22)9-20(8-11)17(23)18(2,3)14-10-25-15(19-14)13-5-4-6-24-13/h4-6,10-12H,7-9H2,1-3H3,(H,21,22). The lowest BCUT2D eigenvalue weighted by atomic mass is 9.84. The number of carboxylic acid groups (broad SMARTS) is 1. The van der Waals surface area contributed by atoms with Crippen LogP contribution in [-0.4, -0.2) is 40.0 Å². The fraction of sp³-hybridized carbons (Fsp3) is 0.500. The monoisotopic (exact) mass is 378 g/mol. The average Bonchev–Trinajstić information content (AvgIpc) is 3.24. The Balaban J connectivity index is 1.81. The first kappa shape index (κ1) is 18.1. The lowest BCUT2D eigenvalue weighted by Crippen LogP contribution is -2.51. The molecule has 1 aliphatic heterocycles. The summed E-state index contributed by atoms with van der Waals surface area (Å²) in [4.78, 5) is 32.0. The summed E-state index contributed by atoms with van der Waals surface area (Å²) in [6, 6.07) is 4.00. The van der Waals surface area contributed by atoms with Gasteiger partial charge in [-0.3, -0.25) is 9.59 Å². The van der Waals surface area contributed by atoms with Gasteiger partial charge in [0.25, 0.3) is 0 Å². The minimum Gasteiger partial charge on any atom is -0.481 e. The number of thiazole rings is 1. The van der Waals surface area contributed by atoms with Gasteiger partial charge in [0.2, 0.25) is 5.91 Å². The minimum absolute atomic E-state index is 0.0478. The van der Waals surface area contributed by atoms with Crippen molar-refractivity contribution in [1.29, 1.82) is 0 Å². The molecule has 5 nitrogen and oxygen atoms in total. The van der Waals surface area contributed by atoms with Gasteiger partial charge in [-0.25, -0.2) is 4.98 Å². The molecule has 3 heterocycles. The van der Waals surface area contributed by atoms with Crippen molar-refractivity contribution in [3.63, 3.8) is 0 Å². The maximum Gasteiger partial charge on any atom is 0.308 e. The SMILES string of the molecule is CC1CC(C(=O)O)CN(C(=O)C(C)(C)c2csc(-c3cccs3)n2)C1. The highest BCUT2D eigenvalue weighted by Crippen LogP contribution is 2.34. The van der Waals surface area contributed by atoms with Crippen molar-refractivity contribution in [3.8, 4) is 9.88 Å². The van der Waals surface area contributed by atoms with Crippen LogP contribution in [-0.2, 0) is 15.0 Å². The molecular formula is C18H22N2O3S2. The van der Waals surface area contributed by atoms with E-state index in [-0.39, 0.29) is 18.4 Å². The second-order valence-electron chi connectivity index (χ2n) is 7.23. The zero-order chi connectivity index (χ0) is 18.2. The third kappa shape index (κ3) is 3.62. The van der Waals surface area contributed by atoms with Gasteiger partial charge >= 0.3 is 5.97 Å². The number of carboxylic acids is 1. The molecule has 0 saturated carbocycles. The van der Waals surface area contributed by atoms with Crippen LogP contribution < -0.4 is 0 Å². The molecule has 0 aromatic carbocycles. The summed E-state index contributed by atoms with van der Waals surface area (Å²) in [5, 5.41) is 14.2. The molecule has 0 aliphatic carbocycles. The van der Waals surface area contributed by atoms with Gasteiger partial charge in [0.05, 0.1) is 21.9 Å². The normalized spacial score (nSPS) is 21.3. The zero-order valence-corrected chi connectivity index (χ0v) is 16.2. The van der Waals surface area contributed by atoms with Crippen LogP contribution in [0.25, 0.3) is 9.88 Å². The van der Waals surface area contributed by atoms with Crippen LogP contribution in [0, 0.1) is 11.8 Å². The number of rotatable bonds is 4. The maximum atomic E-state index is 13.1. The molecule has 3 rings (SSSR count). The third-order valence-electron chi connectivity index (χ3n) is 4.71. The first-order valence-corrected chi connectivity index (χ1v) is 10.1. The van der Waals surface area contributed by atoms with Crippen LogP contribution in [0.15, 0.2) is 22.9 Å². The number of aliphatic carboxylic acids is 1. The van der Waals surface area contributed by atoms with Gasteiger partial charge < -0.3 is 10.0 Å². The van der Waals surface area contributed by atoms with Crippen molar-refractivity contribution < 1.29 is 14.7 Å². The van der Waals surface area contributed by atoms with Gasteiger partial charge in [-0.15, -0.1) is 22.7 Å². The fourth-order valence-electron chi connectivity index (χ4n) is 3.28. The van der Waals surface area contributed by atoms with Crippen molar-refractivity contribution in [1.82, 2.24) is 9.88 Å². The Morgan fingerprint density at radius 3 is 2.72 bits per heavy atom. The Hall–Kier alpha value is -1.73. The number of nitrogens with zero attached hydrogens (tertiary/aromatic N) is 2. The Morgan fingerprint density at radius 2 is 2.08 bits per heavy atom. The van der Waals surface area contributed by atoms with Crippen molar-refractivity contribution in [2.75, 3.05) is 13.1 Å². The molecule has 0 spiro atoms. The maximum absolute atomic E-state index is 13.1. The summed E-state index contributed by atoms with van der Waals surface area (Å²) in [7, 11) is 0. The molecule has 1 N–H and O–H groups in total. The topological polar surface area (TPSA) is 70.5 Å². The summed E-state index contributed by atoms with van der Waals surface area (Å²) < 4.78 is 0. The summed E-state index contributed by atoms with van der Waals surface area (Å²) in [6.45, 7) is 6.63. The molecule has 1 fully saturated rings. The molecule has 7 heteroatoms. The molecule has 1 amide bonds. The number of hydrogen-bond acceptors (Lipinski definition) is 5. The summed E-state index contributed by atoms with van der Waals surface area (Å²) in [5.74, 6) is -1.17. The van der Waals surface area contributed by atoms with Crippen molar-refractivity contribution in [2.45, 2.75) is 32.6 Å². The van der Waals surface area contributed by atoms with Crippen LogP contribution in [0.5, 0.6) is 0 Å². The summed E-state index contributed by atoms with van der Waals surface area (Å²) >= 11 is 3.17. The molecule has 2 aromatic rings. The van der Waals surface area contributed by atoms with Crippen molar-refractivity contribution >= 4 is 34.6 Å². The van der Waals surface area contributed by atoms with Gasteiger partial charge in [-0.2, -0.15) is 0 Å². The van der Waals surface area contributed by atoms with E-state index in [0.29, 0.717) is 13.0 Å². The van der Waals surface area contributed by atoms with E-state index in [1.165, 1.54) is 11.3 Å². The second kappa shape index (κ2) is 6.88. The van der Waals surface area contributed by atoms with Gasteiger partial charge in [0, 0.05) is 18.5 Å². The number of thiophene rings is 1. The molecule has 0 radical (unpaired) electrons. The largest absolute Gasteiger partial charge is 0.481 e. The van der Waals surface area contributed by atoms with Gasteiger partial charge in [0.15, 0.2) is 0 Å². The number of likely N-dealkylation sites (tertiary alicyclic amines) is 1. The number of hydrogen-bond donors (Lipinski definition) is 1. The van der Waals surface area contributed by atoms with Gasteiger partial charge in [-0.05, 0) is 37.6 Å². The first-order valence-electron chi connectivity index (χ1n) is 8.31. The highest BCUT2D eigenvalue weighted by molar-refractivity contribution is 7.20. The molecule has 134 valence electrons. The number of amides is 1. The fourth-order valence-corrected chi connectivity index (χ4v) is 5.08. The van der Waals surface area contributed by atoms with Gasteiger partial charge in [-0.1, -0.05) is 13.0 Å². The second-order valence-corrected chi connectivity index (χ2v) is 9.03. The Labute approximate surface area is 155 Å². The van der Waals surface area contributed by atoms with E-state index >= 15 is 0 Å². The molecule has 2 unspecified atom stereocenters. The van der Waals surface area contributed by atoms with E-state index in [9.17, 15) is 14.7 Å². The van der Waals surface area contributed by atoms with E-state index in [1.807, 2.05) is 43.7 Å². The lowest BCUT2D eigenvalue weighted by molar-refractivity contribution is -0.148. The van der Waals surface area contributed by atoms with Crippen LogP contribution >= 0.6 is 22.7 Å². The Kier molecular flexibility index (Phi) is 4.97. The van der Waals surface area contributed by atoms with Crippen LogP contribution in [0.2, 0.25) is 0 Å². The molecule has 1 aliphatic rings. The van der Waals surface area contributed by atoms with E-state index in [1.54, 1.807) is 16.2 Å². The van der Waals surface area contributed by atoms with Crippen molar-refractivity contribution in [3.05, 3.63) is 28.6 Å². The quantitative estimate of drug-likeness (QED) is 0.880. The predicted octanol–water partition coefficient (Wildman–Crippen LogP) is 3.72. The van der Waals surface area contributed by atoms with Crippen LogP contribution in [0.3, 0.4) is 0 Å². The lowest BCUT2D eigenvalue weighted by Gasteiger charge is -2.38. The first-order chi connectivity index (χ1) is 11.8. The molecular weight excluding hydrogens is 356 g/mol. The number of carbonyl (C=O) groups is 2. The molecule has 2 aromatic heterocycles. The average molecular weight is 379 g/mol. The highest BCUT2D eigenvalue weighted by Gasteiger charge is 2.40.